The third-order valence-corrected chi connectivity index (χ3v) is 9.37. The summed E-state index contributed by atoms with van der Waals surface area (Å²) >= 11 is 1.41. The van der Waals surface area contributed by atoms with Crippen LogP contribution in [0, 0.1) is 0 Å². The van der Waals surface area contributed by atoms with Crippen molar-refractivity contribution in [3.63, 3.8) is 0 Å². The Morgan fingerprint density at radius 3 is 2.34 bits per heavy atom. The molecule has 1 heterocycles. The van der Waals surface area contributed by atoms with Crippen LogP contribution in [0.15, 0.2) is 47.4 Å². The van der Waals surface area contributed by atoms with Crippen molar-refractivity contribution in [2.45, 2.75) is 37.5 Å². The maximum atomic E-state index is 13.2. The molecule has 0 atom stereocenters. The van der Waals surface area contributed by atoms with Gasteiger partial charge in [0.25, 0.3) is 15.9 Å². The molecule has 1 amide bonds. The third kappa shape index (κ3) is 5.34. The zero-order valence-corrected chi connectivity index (χ0v) is 23.3. The molecular weight excluding hydrogens is 528 g/mol. The second kappa shape index (κ2) is 11.4. The Hall–Kier alpha value is -3.57. The van der Waals surface area contributed by atoms with Gasteiger partial charge in [-0.05, 0) is 74.6 Å². The summed E-state index contributed by atoms with van der Waals surface area (Å²) in [5.74, 6) is -0.112. The van der Waals surface area contributed by atoms with Crippen molar-refractivity contribution in [2.75, 3.05) is 37.5 Å². The Kier molecular flexibility index (Phi) is 8.27. The number of sulfonamides is 1. The standard InChI is InChI=1S/C27H30N2O7S2/c1-5-36-27(31)24-20-8-6-7-9-23(20)37-26(24)28-25(30)17-10-12-18(13-11-17)29(2)38(32,33)19-14-15-21(34-3)22(16-19)35-4/h10-16H,5-9H2,1-4H3,(H,28,30). The summed E-state index contributed by atoms with van der Waals surface area (Å²) in [6, 6.07) is 10.6. The lowest BCUT2D eigenvalue weighted by Gasteiger charge is -2.20. The predicted molar refractivity (Wildman–Crippen MR) is 146 cm³/mol. The fraction of sp³-hybridized carbons (Fsp3) is 0.333. The van der Waals surface area contributed by atoms with Crippen LogP contribution in [-0.2, 0) is 27.6 Å². The van der Waals surface area contributed by atoms with Crippen molar-refractivity contribution in [1.29, 1.82) is 0 Å². The van der Waals surface area contributed by atoms with Crippen LogP contribution >= 0.6 is 11.3 Å². The highest BCUT2D eigenvalue weighted by molar-refractivity contribution is 7.92. The van der Waals surface area contributed by atoms with Gasteiger partial charge in [-0.3, -0.25) is 9.10 Å². The Balaban J connectivity index is 1.55. The van der Waals surface area contributed by atoms with Crippen LogP contribution in [-0.4, -0.2) is 48.2 Å². The summed E-state index contributed by atoms with van der Waals surface area (Å²) in [4.78, 5) is 26.9. The number of thiophene rings is 1. The first kappa shape index (κ1) is 27.5. The summed E-state index contributed by atoms with van der Waals surface area (Å²) in [5.41, 5.74) is 2.10. The van der Waals surface area contributed by atoms with Crippen LogP contribution in [0.25, 0.3) is 0 Å². The topological polar surface area (TPSA) is 111 Å². The molecule has 1 N–H and O–H groups in total. The molecule has 9 nitrogen and oxygen atoms in total. The molecule has 0 bridgehead atoms. The molecule has 11 heteroatoms. The molecule has 0 aliphatic heterocycles. The molecule has 0 fully saturated rings. The van der Waals surface area contributed by atoms with Crippen molar-refractivity contribution in [1.82, 2.24) is 0 Å². The minimum Gasteiger partial charge on any atom is -0.493 e. The SMILES string of the molecule is CCOC(=O)c1c(NC(=O)c2ccc(N(C)S(=O)(=O)c3ccc(OC)c(OC)c3)cc2)sc2c1CCCC2. The summed E-state index contributed by atoms with van der Waals surface area (Å²) in [6.07, 6.45) is 3.69. The molecule has 202 valence electrons. The van der Waals surface area contributed by atoms with Crippen molar-refractivity contribution in [3.8, 4) is 11.5 Å². The van der Waals surface area contributed by atoms with Crippen LogP contribution in [0.2, 0.25) is 0 Å². The first-order valence-corrected chi connectivity index (χ1v) is 14.4. The van der Waals surface area contributed by atoms with E-state index < -0.39 is 21.9 Å². The van der Waals surface area contributed by atoms with Gasteiger partial charge in [0.15, 0.2) is 11.5 Å². The van der Waals surface area contributed by atoms with E-state index in [2.05, 4.69) is 5.32 Å². The Bertz CT molecular complexity index is 1450. The van der Waals surface area contributed by atoms with E-state index in [9.17, 15) is 18.0 Å². The quantitative estimate of drug-likeness (QED) is 0.372. The number of esters is 1. The number of hydrogen-bond donors (Lipinski definition) is 1. The van der Waals surface area contributed by atoms with Crippen molar-refractivity contribution < 1.29 is 32.2 Å². The molecule has 1 aliphatic carbocycles. The average molecular weight is 559 g/mol. The van der Waals surface area contributed by atoms with Gasteiger partial charge >= 0.3 is 5.97 Å². The first-order valence-electron chi connectivity index (χ1n) is 12.1. The number of nitrogens with one attached hydrogen (secondary N) is 1. The van der Waals surface area contributed by atoms with Crippen LogP contribution < -0.4 is 19.1 Å². The Labute approximate surface area is 226 Å². The van der Waals surface area contributed by atoms with Crippen molar-refractivity contribution >= 4 is 43.9 Å². The lowest BCUT2D eigenvalue weighted by molar-refractivity contribution is 0.0526. The molecule has 0 saturated carbocycles. The van der Waals surface area contributed by atoms with Gasteiger partial charge in [-0.1, -0.05) is 0 Å². The summed E-state index contributed by atoms with van der Waals surface area (Å²) in [6.45, 7) is 2.00. The van der Waals surface area contributed by atoms with Gasteiger partial charge in [-0.2, -0.15) is 0 Å². The van der Waals surface area contributed by atoms with E-state index in [1.54, 1.807) is 31.2 Å². The molecular formula is C27H30N2O7S2. The number of hydrogen-bond acceptors (Lipinski definition) is 8. The highest BCUT2D eigenvalue weighted by Gasteiger charge is 2.28. The van der Waals surface area contributed by atoms with Crippen LogP contribution in [0.4, 0.5) is 10.7 Å². The number of amides is 1. The fourth-order valence-electron chi connectivity index (χ4n) is 4.35. The van der Waals surface area contributed by atoms with Gasteiger partial charge in [0.2, 0.25) is 0 Å². The number of nitrogens with zero attached hydrogens (tertiary/aromatic N) is 1. The van der Waals surface area contributed by atoms with Gasteiger partial charge in [0.1, 0.15) is 5.00 Å². The van der Waals surface area contributed by atoms with Gasteiger partial charge < -0.3 is 19.5 Å². The number of aryl methyl sites for hydroxylation is 1. The molecule has 4 rings (SSSR count). The van der Waals surface area contributed by atoms with Gasteiger partial charge in [0.05, 0.1) is 37.0 Å². The van der Waals surface area contributed by atoms with Gasteiger partial charge in [-0.15, -0.1) is 11.3 Å². The Morgan fingerprint density at radius 1 is 1.00 bits per heavy atom. The van der Waals surface area contributed by atoms with Gasteiger partial charge in [0, 0.05) is 23.6 Å². The van der Waals surface area contributed by atoms with Crippen molar-refractivity contribution in [3.05, 3.63) is 64.0 Å². The minimum absolute atomic E-state index is 0.0348. The number of fused-ring (bicyclic) bond motifs is 1. The van der Waals surface area contributed by atoms with Crippen molar-refractivity contribution in [2.24, 2.45) is 0 Å². The van der Waals surface area contributed by atoms with Crippen LogP contribution in [0.1, 0.15) is 50.9 Å². The smallest absolute Gasteiger partial charge is 0.341 e. The molecule has 1 aliphatic rings. The van der Waals surface area contributed by atoms with Crippen LogP contribution in [0.5, 0.6) is 11.5 Å². The van der Waals surface area contributed by atoms with Gasteiger partial charge in [-0.25, -0.2) is 13.2 Å². The summed E-state index contributed by atoms with van der Waals surface area (Å²) < 4.78 is 43.2. The van der Waals surface area contributed by atoms with E-state index in [1.807, 2.05) is 0 Å². The summed E-state index contributed by atoms with van der Waals surface area (Å²) in [7, 11) is 0.433. The third-order valence-electron chi connectivity index (χ3n) is 6.38. The number of rotatable bonds is 9. The van der Waals surface area contributed by atoms with E-state index in [0.717, 1.165) is 40.4 Å². The maximum Gasteiger partial charge on any atom is 0.341 e. The molecule has 1 aromatic heterocycles. The van der Waals surface area contributed by atoms with E-state index >= 15 is 0 Å². The number of benzene rings is 2. The van der Waals surface area contributed by atoms with E-state index in [0.29, 0.717) is 33.3 Å². The number of anilines is 2. The fourth-order valence-corrected chi connectivity index (χ4v) is 6.83. The molecule has 3 aromatic rings. The zero-order valence-electron chi connectivity index (χ0n) is 21.7. The molecule has 0 saturated heterocycles. The lowest BCUT2D eigenvalue weighted by Crippen LogP contribution is -2.26. The number of ether oxygens (including phenoxy) is 3. The second-order valence-corrected chi connectivity index (χ2v) is 11.7. The number of carbonyl (C=O) groups excluding carboxylic acids is 2. The lowest BCUT2D eigenvalue weighted by atomic mass is 9.95. The largest absolute Gasteiger partial charge is 0.493 e. The average Bonchev–Trinajstić information content (AvgIpc) is 3.30. The minimum atomic E-state index is -3.91. The molecule has 0 radical (unpaired) electrons. The van der Waals surface area contributed by atoms with E-state index in [-0.39, 0.29) is 11.5 Å². The summed E-state index contributed by atoms with van der Waals surface area (Å²) in [5, 5.41) is 3.36. The first-order chi connectivity index (χ1) is 18.2. The molecule has 2 aromatic carbocycles. The monoisotopic (exact) mass is 558 g/mol. The predicted octanol–water partition coefficient (Wildman–Crippen LogP) is 4.90. The molecule has 38 heavy (non-hydrogen) atoms. The second-order valence-electron chi connectivity index (χ2n) is 8.63. The Morgan fingerprint density at radius 2 is 1.68 bits per heavy atom. The number of carbonyl (C=O) groups is 2. The normalized spacial score (nSPS) is 12.8. The van der Waals surface area contributed by atoms with Crippen LogP contribution in [0.3, 0.4) is 0 Å². The molecule has 0 unspecified atom stereocenters. The highest BCUT2D eigenvalue weighted by atomic mass is 32.2. The van der Waals surface area contributed by atoms with E-state index in [1.165, 1.54) is 50.8 Å². The number of methoxy groups -OCH3 is 2. The zero-order chi connectivity index (χ0) is 27.4. The van der Waals surface area contributed by atoms with E-state index in [4.69, 9.17) is 14.2 Å². The molecule has 0 spiro atoms. The maximum absolute atomic E-state index is 13.2. The highest BCUT2D eigenvalue weighted by Crippen LogP contribution is 2.39.